The van der Waals surface area contributed by atoms with Crippen molar-refractivity contribution in [2.24, 2.45) is 16.3 Å². The van der Waals surface area contributed by atoms with E-state index < -0.39 is 0 Å². The molecule has 1 aromatic rings. The molecule has 0 atom stereocenters. The van der Waals surface area contributed by atoms with E-state index in [4.69, 9.17) is 27.3 Å². The van der Waals surface area contributed by atoms with E-state index in [1.54, 1.807) is 6.07 Å². The maximum atomic E-state index is 8.68. The molecule has 0 aliphatic heterocycles. The average Bonchev–Trinajstić information content (AvgIpc) is 2.37. The van der Waals surface area contributed by atoms with Crippen LogP contribution in [0.15, 0.2) is 27.8 Å². The second kappa shape index (κ2) is 7.01. The number of rotatable bonds is 6. The van der Waals surface area contributed by atoms with Crippen molar-refractivity contribution in [3.63, 3.8) is 0 Å². The highest BCUT2D eigenvalue weighted by atomic mass is 79.9. The van der Waals surface area contributed by atoms with E-state index in [1.165, 1.54) is 0 Å². The Bertz CT molecular complexity index is 464. The standard InChI is InChI=1S/C13H18BrClN2O2/c1-13(2,12(16)17-18)6-3-7-19-11-8-9(14)4-5-10(11)15/h4-5,8,18H,3,6-7H2,1-2H3,(H2,16,17). The van der Waals surface area contributed by atoms with Crippen LogP contribution in [-0.4, -0.2) is 17.6 Å². The minimum atomic E-state index is -0.348. The topological polar surface area (TPSA) is 67.8 Å². The van der Waals surface area contributed by atoms with Gasteiger partial charge < -0.3 is 15.7 Å². The van der Waals surface area contributed by atoms with Crippen molar-refractivity contribution in [3.05, 3.63) is 27.7 Å². The summed E-state index contributed by atoms with van der Waals surface area (Å²) in [6.45, 7) is 4.38. The first-order chi connectivity index (χ1) is 8.86. The van der Waals surface area contributed by atoms with Gasteiger partial charge in [0.15, 0.2) is 0 Å². The van der Waals surface area contributed by atoms with Gasteiger partial charge in [0.05, 0.1) is 11.6 Å². The molecular weight excluding hydrogens is 332 g/mol. The highest BCUT2D eigenvalue weighted by Crippen LogP contribution is 2.28. The molecule has 0 heterocycles. The lowest BCUT2D eigenvalue weighted by molar-refractivity contribution is 0.277. The van der Waals surface area contributed by atoms with Crippen molar-refractivity contribution in [2.45, 2.75) is 26.7 Å². The first-order valence-corrected chi connectivity index (χ1v) is 7.10. The second-order valence-electron chi connectivity index (χ2n) is 4.90. The summed E-state index contributed by atoms with van der Waals surface area (Å²) in [7, 11) is 0. The van der Waals surface area contributed by atoms with Crippen LogP contribution in [0.3, 0.4) is 0 Å². The number of ether oxygens (including phenoxy) is 1. The Morgan fingerprint density at radius 1 is 1.53 bits per heavy atom. The SMILES string of the molecule is CC(C)(CCCOc1cc(Br)ccc1Cl)C(N)=NO. The van der Waals surface area contributed by atoms with Gasteiger partial charge in [-0.1, -0.05) is 46.5 Å². The van der Waals surface area contributed by atoms with Gasteiger partial charge in [0, 0.05) is 9.89 Å². The lowest BCUT2D eigenvalue weighted by Crippen LogP contribution is -2.32. The Kier molecular flexibility index (Phi) is 5.94. The number of oxime groups is 1. The van der Waals surface area contributed by atoms with E-state index in [2.05, 4.69) is 21.1 Å². The van der Waals surface area contributed by atoms with Crippen molar-refractivity contribution in [1.29, 1.82) is 0 Å². The molecule has 0 aliphatic carbocycles. The lowest BCUT2D eigenvalue weighted by Gasteiger charge is -2.22. The summed E-state index contributed by atoms with van der Waals surface area (Å²) in [6.07, 6.45) is 1.54. The number of amidine groups is 1. The van der Waals surface area contributed by atoms with Crippen LogP contribution in [0.4, 0.5) is 0 Å². The van der Waals surface area contributed by atoms with E-state index in [-0.39, 0.29) is 11.3 Å². The van der Waals surface area contributed by atoms with E-state index >= 15 is 0 Å². The molecule has 4 nitrogen and oxygen atoms in total. The summed E-state index contributed by atoms with van der Waals surface area (Å²) >= 11 is 9.39. The average molecular weight is 350 g/mol. The van der Waals surface area contributed by atoms with Crippen LogP contribution in [0.25, 0.3) is 0 Å². The Balaban J connectivity index is 2.45. The molecule has 0 amide bonds. The van der Waals surface area contributed by atoms with Gasteiger partial charge in [0.2, 0.25) is 0 Å². The van der Waals surface area contributed by atoms with Crippen LogP contribution in [0.5, 0.6) is 5.75 Å². The van der Waals surface area contributed by atoms with E-state index in [1.807, 2.05) is 26.0 Å². The highest BCUT2D eigenvalue weighted by molar-refractivity contribution is 9.10. The molecular formula is C13H18BrClN2O2. The largest absolute Gasteiger partial charge is 0.492 e. The number of hydrogen-bond acceptors (Lipinski definition) is 3. The minimum absolute atomic E-state index is 0.230. The molecule has 19 heavy (non-hydrogen) atoms. The van der Waals surface area contributed by atoms with Crippen LogP contribution in [0.1, 0.15) is 26.7 Å². The predicted octanol–water partition coefficient (Wildman–Crippen LogP) is 4.03. The van der Waals surface area contributed by atoms with Gasteiger partial charge in [-0.3, -0.25) is 0 Å². The molecule has 0 bridgehead atoms. The summed E-state index contributed by atoms with van der Waals surface area (Å²) in [5, 5.41) is 12.3. The van der Waals surface area contributed by atoms with Gasteiger partial charge in [-0.2, -0.15) is 0 Å². The lowest BCUT2D eigenvalue weighted by atomic mass is 9.87. The zero-order valence-electron chi connectivity index (χ0n) is 11.0. The first-order valence-electron chi connectivity index (χ1n) is 5.92. The fourth-order valence-corrected chi connectivity index (χ4v) is 2.06. The van der Waals surface area contributed by atoms with Crippen LogP contribution in [0.2, 0.25) is 5.02 Å². The summed E-state index contributed by atoms with van der Waals surface area (Å²) < 4.78 is 6.54. The number of hydrogen-bond donors (Lipinski definition) is 2. The van der Waals surface area contributed by atoms with E-state index in [0.29, 0.717) is 17.4 Å². The summed E-state index contributed by atoms with van der Waals surface area (Å²) in [6, 6.07) is 5.47. The first kappa shape index (κ1) is 16.1. The Morgan fingerprint density at radius 3 is 2.84 bits per heavy atom. The maximum absolute atomic E-state index is 8.68. The smallest absolute Gasteiger partial charge is 0.144 e. The van der Waals surface area contributed by atoms with Gasteiger partial charge >= 0.3 is 0 Å². The molecule has 0 unspecified atom stereocenters. The minimum Gasteiger partial charge on any atom is -0.492 e. The second-order valence-corrected chi connectivity index (χ2v) is 6.22. The monoisotopic (exact) mass is 348 g/mol. The van der Waals surface area contributed by atoms with Crippen LogP contribution in [-0.2, 0) is 0 Å². The van der Waals surface area contributed by atoms with Gasteiger partial charge in [-0.15, -0.1) is 0 Å². The highest BCUT2D eigenvalue weighted by Gasteiger charge is 2.22. The van der Waals surface area contributed by atoms with Crippen LogP contribution < -0.4 is 10.5 Å². The van der Waals surface area contributed by atoms with Crippen molar-refractivity contribution >= 4 is 33.4 Å². The number of benzene rings is 1. The molecule has 3 N–H and O–H groups in total. The normalized spacial score (nSPS) is 12.5. The van der Waals surface area contributed by atoms with Crippen LogP contribution in [0, 0.1) is 5.41 Å². The molecule has 0 radical (unpaired) electrons. The molecule has 0 saturated heterocycles. The number of nitrogens with two attached hydrogens (primary N) is 1. The third-order valence-electron chi connectivity index (χ3n) is 2.90. The quantitative estimate of drug-likeness (QED) is 0.268. The van der Waals surface area contributed by atoms with Crippen molar-refractivity contribution in [1.82, 2.24) is 0 Å². The van der Waals surface area contributed by atoms with Crippen molar-refractivity contribution in [2.75, 3.05) is 6.61 Å². The Morgan fingerprint density at radius 2 is 2.21 bits per heavy atom. The third-order valence-corrected chi connectivity index (χ3v) is 3.70. The molecule has 0 saturated carbocycles. The molecule has 1 aromatic carbocycles. The maximum Gasteiger partial charge on any atom is 0.144 e. The molecule has 0 aliphatic rings. The predicted molar refractivity (Wildman–Crippen MR) is 81.1 cm³/mol. The summed E-state index contributed by atoms with van der Waals surface area (Å²) in [5.41, 5.74) is 5.27. The van der Waals surface area contributed by atoms with Crippen molar-refractivity contribution in [3.8, 4) is 5.75 Å². The Hall–Kier alpha value is -0.940. The molecule has 0 aromatic heterocycles. The van der Waals surface area contributed by atoms with Crippen LogP contribution >= 0.6 is 27.5 Å². The van der Waals surface area contributed by atoms with E-state index in [0.717, 1.165) is 17.3 Å². The van der Waals surface area contributed by atoms with Gasteiger partial charge in [0.25, 0.3) is 0 Å². The van der Waals surface area contributed by atoms with Crippen molar-refractivity contribution < 1.29 is 9.94 Å². The third kappa shape index (κ3) is 4.91. The summed E-state index contributed by atoms with van der Waals surface area (Å²) in [4.78, 5) is 0. The fraction of sp³-hybridized carbons (Fsp3) is 0.462. The molecule has 6 heteroatoms. The Labute approximate surface area is 126 Å². The zero-order valence-corrected chi connectivity index (χ0v) is 13.3. The molecule has 1 rings (SSSR count). The van der Waals surface area contributed by atoms with Gasteiger partial charge in [-0.05, 0) is 31.0 Å². The molecule has 0 spiro atoms. The summed E-state index contributed by atoms with van der Waals surface area (Å²) in [5.74, 6) is 0.880. The fourth-order valence-electron chi connectivity index (χ4n) is 1.55. The van der Waals surface area contributed by atoms with Gasteiger partial charge in [0.1, 0.15) is 11.6 Å². The van der Waals surface area contributed by atoms with E-state index in [9.17, 15) is 0 Å². The number of halogens is 2. The molecule has 0 fully saturated rings. The molecule has 106 valence electrons. The number of nitrogens with zero attached hydrogens (tertiary/aromatic N) is 1. The van der Waals surface area contributed by atoms with Gasteiger partial charge in [-0.25, -0.2) is 0 Å². The zero-order chi connectivity index (χ0) is 14.5.